The molecule has 0 saturated carbocycles. The minimum absolute atomic E-state index is 0.117. The van der Waals surface area contributed by atoms with E-state index in [2.05, 4.69) is 4.74 Å². The van der Waals surface area contributed by atoms with Gasteiger partial charge in [0, 0.05) is 7.05 Å². The molecule has 1 amide bonds. The first-order valence-electron chi connectivity index (χ1n) is 5.91. The van der Waals surface area contributed by atoms with Crippen molar-refractivity contribution in [1.82, 2.24) is 4.90 Å². The molecular weight excluding hydrogens is 288 g/mol. The van der Waals surface area contributed by atoms with Crippen molar-refractivity contribution >= 4 is 17.8 Å². The van der Waals surface area contributed by atoms with Crippen molar-refractivity contribution in [2.24, 2.45) is 0 Å². The second-order valence-electron chi connectivity index (χ2n) is 4.08. The maximum absolute atomic E-state index is 13.2. The topological polar surface area (TPSA) is 83.9 Å². The number of carbonyl (C=O) groups is 3. The van der Waals surface area contributed by atoms with Gasteiger partial charge in [-0.2, -0.15) is 0 Å². The molecule has 0 unspecified atom stereocenters. The summed E-state index contributed by atoms with van der Waals surface area (Å²) in [4.78, 5) is 35.1. The van der Waals surface area contributed by atoms with E-state index in [0.29, 0.717) is 12.1 Å². The predicted octanol–water partition coefficient (Wildman–Crippen LogP) is 1.30. The van der Waals surface area contributed by atoms with E-state index in [-0.39, 0.29) is 6.61 Å². The van der Waals surface area contributed by atoms with E-state index in [9.17, 15) is 23.2 Å². The van der Waals surface area contributed by atoms with Crippen molar-refractivity contribution in [3.63, 3.8) is 0 Å². The van der Waals surface area contributed by atoms with Gasteiger partial charge in [-0.05, 0) is 19.1 Å². The molecule has 1 aromatic rings. The highest BCUT2D eigenvalue weighted by molar-refractivity contribution is 6.05. The van der Waals surface area contributed by atoms with E-state index >= 15 is 0 Å². The third-order valence-corrected chi connectivity index (χ3v) is 2.54. The molecule has 0 saturated heterocycles. The molecule has 0 fully saturated rings. The zero-order chi connectivity index (χ0) is 16.2. The summed E-state index contributed by atoms with van der Waals surface area (Å²) in [5, 5.41) is 8.93. The normalized spacial score (nSPS) is 10.1. The Morgan fingerprint density at radius 3 is 2.19 bits per heavy atom. The lowest BCUT2D eigenvalue weighted by Gasteiger charge is -2.17. The van der Waals surface area contributed by atoms with Crippen molar-refractivity contribution in [3.05, 3.63) is 34.9 Å². The maximum atomic E-state index is 13.2. The van der Waals surface area contributed by atoms with Gasteiger partial charge in [-0.15, -0.1) is 0 Å². The third-order valence-electron chi connectivity index (χ3n) is 2.54. The van der Waals surface area contributed by atoms with Crippen LogP contribution in [-0.2, 0) is 9.53 Å². The Kier molecular flexibility index (Phi) is 5.34. The van der Waals surface area contributed by atoms with Crippen LogP contribution in [0.2, 0.25) is 0 Å². The number of ether oxygens (including phenoxy) is 1. The number of carboxylic acid groups (broad SMARTS) is 1. The van der Waals surface area contributed by atoms with E-state index < -0.39 is 47.2 Å². The van der Waals surface area contributed by atoms with E-state index in [1.165, 1.54) is 7.05 Å². The van der Waals surface area contributed by atoms with Crippen molar-refractivity contribution in [1.29, 1.82) is 0 Å². The molecule has 6 nitrogen and oxygen atoms in total. The number of hydrogen-bond donors (Lipinski definition) is 1. The fraction of sp³-hybridized carbons (Fsp3) is 0.308. The van der Waals surface area contributed by atoms with Gasteiger partial charge in [-0.1, -0.05) is 0 Å². The largest absolute Gasteiger partial charge is 0.478 e. The van der Waals surface area contributed by atoms with Crippen LogP contribution in [0.25, 0.3) is 0 Å². The van der Waals surface area contributed by atoms with Crippen molar-refractivity contribution < 1.29 is 33.0 Å². The number of amides is 1. The van der Waals surface area contributed by atoms with Gasteiger partial charge in [0.05, 0.1) is 17.7 Å². The molecule has 0 atom stereocenters. The Hall–Kier alpha value is -2.51. The molecule has 8 heteroatoms. The van der Waals surface area contributed by atoms with Crippen LogP contribution in [-0.4, -0.2) is 48.1 Å². The second kappa shape index (κ2) is 6.78. The Bertz CT molecular complexity index is 588. The summed E-state index contributed by atoms with van der Waals surface area (Å²) >= 11 is 0. The van der Waals surface area contributed by atoms with Crippen LogP contribution >= 0.6 is 0 Å². The van der Waals surface area contributed by atoms with E-state index in [1.807, 2.05) is 0 Å². The molecule has 0 aromatic heterocycles. The Morgan fingerprint density at radius 2 is 1.71 bits per heavy atom. The van der Waals surface area contributed by atoms with Crippen LogP contribution in [0, 0.1) is 11.6 Å². The van der Waals surface area contributed by atoms with Gasteiger partial charge in [0.1, 0.15) is 6.54 Å². The Labute approximate surface area is 118 Å². The molecule has 114 valence electrons. The first-order chi connectivity index (χ1) is 9.77. The zero-order valence-electron chi connectivity index (χ0n) is 11.4. The predicted molar refractivity (Wildman–Crippen MR) is 66.9 cm³/mol. The van der Waals surface area contributed by atoms with Gasteiger partial charge < -0.3 is 14.7 Å². The number of carbonyl (C=O) groups excluding carboxylic acids is 2. The number of aromatic carboxylic acids is 1. The average molecular weight is 301 g/mol. The standard InChI is InChI=1S/C13H13F2NO5/c1-3-21-11(17)6-16(2)12(18)7-4-9(14)10(15)5-8(7)13(19)20/h4-5H,3,6H2,1-2H3,(H,19,20). The lowest BCUT2D eigenvalue weighted by molar-refractivity contribution is -0.143. The smallest absolute Gasteiger partial charge is 0.336 e. The molecular formula is C13H13F2NO5. The summed E-state index contributed by atoms with van der Waals surface area (Å²) in [6.07, 6.45) is 0. The third kappa shape index (κ3) is 3.98. The van der Waals surface area contributed by atoms with E-state index in [4.69, 9.17) is 5.11 Å². The summed E-state index contributed by atoms with van der Waals surface area (Å²) in [5.74, 6) is -5.95. The van der Waals surface area contributed by atoms with Crippen LogP contribution < -0.4 is 0 Å². The van der Waals surface area contributed by atoms with E-state index in [0.717, 1.165) is 4.90 Å². The molecule has 21 heavy (non-hydrogen) atoms. The molecule has 0 bridgehead atoms. The lowest BCUT2D eigenvalue weighted by Crippen LogP contribution is -2.34. The number of halogens is 2. The molecule has 0 spiro atoms. The number of rotatable bonds is 5. The molecule has 0 aliphatic carbocycles. The number of carboxylic acids is 1. The fourth-order valence-electron chi connectivity index (χ4n) is 1.58. The summed E-state index contributed by atoms with van der Waals surface area (Å²) in [6.45, 7) is 1.26. The summed E-state index contributed by atoms with van der Waals surface area (Å²) in [7, 11) is 1.21. The van der Waals surface area contributed by atoms with Gasteiger partial charge in [0.2, 0.25) is 0 Å². The molecule has 0 heterocycles. The Morgan fingerprint density at radius 1 is 1.19 bits per heavy atom. The van der Waals surface area contributed by atoms with Crippen LogP contribution in [0.15, 0.2) is 12.1 Å². The van der Waals surface area contributed by atoms with Crippen molar-refractivity contribution in [2.45, 2.75) is 6.92 Å². The number of benzene rings is 1. The highest BCUT2D eigenvalue weighted by Crippen LogP contribution is 2.17. The first-order valence-corrected chi connectivity index (χ1v) is 5.91. The van der Waals surface area contributed by atoms with Gasteiger partial charge in [-0.25, -0.2) is 13.6 Å². The number of hydrogen-bond acceptors (Lipinski definition) is 4. The molecule has 1 aromatic carbocycles. The minimum Gasteiger partial charge on any atom is -0.478 e. The summed E-state index contributed by atoms with van der Waals surface area (Å²) in [5.41, 5.74) is -1.23. The molecule has 1 rings (SSSR count). The maximum Gasteiger partial charge on any atom is 0.336 e. The van der Waals surface area contributed by atoms with Crippen molar-refractivity contribution in [2.75, 3.05) is 20.2 Å². The molecule has 1 N–H and O–H groups in total. The molecule has 0 radical (unpaired) electrons. The van der Waals surface area contributed by atoms with Crippen LogP contribution in [0.4, 0.5) is 8.78 Å². The van der Waals surface area contributed by atoms with Gasteiger partial charge in [0.25, 0.3) is 5.91 Å². The van der Waals surface area contributed by atoms with Crippen LogP contribution in [0.5, 0.6) is 0 Å². The highest BCUT2D eigenvalue weighted by atomic mass is 19.2. The first kappa shape index (κ1) is 16.5. The zero-order valence-corrected chi connectivity index (χ0v) is 11.4. The highest BCUT2D eigenvalue weighted by Gasteiger charge is 2.24. The van der Waals surface area contributed by atoms with Crippen LogP contribution in [0.3, 0.4) is 0 Å². The fourth-order valence-corrected chi connectivity index (χ4v) is 1.58. The number of nitrogens with zero attached hydrogens (tertiary/aromatic N) is 1. The summed E-state index contributed by atoms with van der Waals surface area (Å²) < 4.78 is 30.9. The van der Waals surface area contributed by atoms with Gasteiger partial charge in [0.15, 0.2) is 11.6 Å². The lowest BCUT2D eigenvalue weighted by atomic mass is 10.1. The SMILES string of the molecule is CCOC(=O)CN(C)C(=O)c1cc(F)c(F)cc1C(=O)O. The monoisotopic (exact) mass is 301 g/mol. The number of esters is 1. The van der Waals surface area contributed by atoms with Crippen LogP contribution in [0.1, 0.15) is 27.6 Å². The second-order valence-corrected chi connectivity index (χ2v) is 4.08. The summed E-state index contributed by atoms with van der Waals surface area (Å²) in [6, 6.07) is 0.909. The molecule has 0 aliphatic heterocycles. The van der Waals surface area contributed by atoms with Gasteiger partial charge in [-0.3, -0.25) is 9.59 Å². The quantitative estimate of drug-likeness (QED) is 0.829. The Balaban J connectivity index is 3.09. The van der Waals surface area contributed by atoms with Gasteiger partial charge >= 0.3 is 11.9 Å². The van der Waals surface area contributed by atoms with Crippen molar-refractivity contribution in [3.8, 4) is 0 Å². The number of likely N-dealkylation sites (N-methyl/N-ethyl adjacent to an activating group) is 1. The molecule has 0 aliphatic rings. The van der Waals surface area contributed by atoms with E-state index in [1.54, 1.807) is 6.92 Å². The minimum atomic E-state index is -1.58. The average Bonchev–Trinajstić information content (AvgIpc) is 2.40.